The van der Waals surface area contributed by atoms with Crippen molar-refractivity contribution in [3.05, 3.63) is 21.0 Å². The summed E-state index contributed by atoms with van der Waals surface area (Å²) in [6, 6.07) is 0. The van der Waals surface area contributed by atoms with Crippen molar-refractivity contribution in [2.75, 3.05) is 51.2 Å². The number of anilines is 1. The topological polar surface area (TPSA) is 82.4 Å². The molecule has 20 heavy (non-hydrogen) atoms. The quantitative estimate of drug-likeness (QED) is 0.633. The maximum Gasteiger partial charge on any atom is 0.283 e. The van der Waals surface area contributed by atoms with Crippen LogP contribution in [0, 0.1) is 0 Å². The second kappa shape index (κ2) is 7.72. The minimum atomic E-state index is -0.230. The second-order valence-corrected chi connectivity index (χ2v) is 5.44. The highest BCUT2D eigenvalue weighted by molar-refractivity contribution is 9.10. The van der Waals surface area contributed by atoms with Crippen LogP contribution in [0.1, 0.15) is 0 Å². The molecule has 0 spiro atoms. The predicted octanol–water partition coefficient (Wildman–Crippen LogP) is -0.685. The molecule has 2 rings (SSSR count). The summed E-state index contributed by atoms with van der Waals surface area (Å²) < 4.78 is 1.70. The molecule has 1 aromatic rings. The fraction of sp³-hybridized carbons (Fsp3) is 0.667. The zero-order valence-corrected chi connectivity index (χ0v) is 12.9. The zero-order chi connectivity index (χ0) is 14.4. The zero-order valence-electron chi connectivity index (χ0n) is 11.3. The predicted molar refractivity (Wildman–Crippen MR) is 81.1 cm³/mol. The van der Waals surface area contributed by atoms with Gasteiger partial charge in [0.1, 0.15) is 4.47 Å². The third-order valence-electron chi connectivity index (χ3n) is 3.25. The third kappa shape index (κ3) is 4.02. The van der Waals surface area contributed by atoms with Crippen LogP contribution in [0.4, 0.5) is 5.69 Å². The van der Waals surface area contributed by atoms with Crippen molar-refractivity contribution < 1.29 is 5.11 Å². The van der Waals surface area contributed by atoms with Crippen LogP contribution in [-0.4, -0.2) is 65.7 Å². The number of nitrogens with one attached hydrogen (secondary N) is 2. The van der Waals surface area contributed by atoms with E-state index in [-0.39, 0.29) is 18.7 Å². The Morgan fingerprint density at radius 3 is 2.85 bits per heavy atom. The van der Waals surface area contributed by atoms with E-state index in [9.17, 15) is 4.79 Å². The minimum absolute atomic E-state index is 0.102. The maximum absolute atomic E-state index is 11.9. The fourth-order valence-electron chi connectivity index (χ4n) is 2.13. The normalized spacial score (nSPS) is 16.3. The van der Waals surface area contributed by atoms with Gasteiger partial charge in [0.2, 0.25) is 0 Å². The smallest absolute Gasteiger partial charge is 0.283 e. The van der Waals surface area contributed by atoms with Crippen molar-refractivity contribution in [3.63, 3.8) is 0 Å². The van der Waals surface area contributed by atoms with Crippen LogP contribution in [0.25, 0.3) is 0 Å². The van der Waals surface area contributed by atoms with Gasteiger partial charge in [-0.2, -0.15) is 5.10 Å². The Kier molecular flexibility index (Phi) is 5.96. The van der Waals surface area contributed by atoms with Crippen LogP contribution in [0.5, 0.6) is 0 Å². The van der Waals surface area contributed by atoms with E-state index in [1.54, 1.807) is 6.20 Å². The molecule has 0 aromatic carbocycles. The third-order valence-corrected chi connectivity index (χ3v) is 4.02. The Balaban J connectivity index is 1.89. The molecule has 8 heteroatoms. The average molecular weight is 346 g/mol. The Hall–Kier alpha value is -0.960. The van der Waals surface area contributed by atoms with Crippen LogP contribution >= 0.6 is 15.9 Å². The standard InChI is InChI=1S/C12H20BrN5O2/c13-11-10(9-16-18(7-8-19)12(11)20)15-3-6-17-4-1-14-2-5-17/h9,14-15,19H,1-8H2. The number of aliphatic hydroxyl groups excluding tert-OH is 1. The Bertz CT molecular complexity index is 487. The molecule has 7 nitrogen and oxygen atoms in total. The van der Waals surface area contributed by atoms with Crippen molar-refractivity contribution in [2.24, 2.45) is 0 Å². The summed E-state index contributed by atoms with van der Waals surface area (Å²) in [5.41, 5.74) is 0.463. The van der Waals surface area contributed by atoms with Gasteiger partial charge in [-0.15, -0.1) is 0 Å². The van der Waals surface area contributed by atoms with Crippen LogP contribution < -0.4 is 16.2 Å². The van der Waals surface area contributed by atoms with E-state index in [0.29, 0.717) is 10.2 Å². The molecular weight excluding hydrogens is 326 g/mol. The second-order valence-electron chi connectivity index (χ2n) is 4.64. The summed E-state index contributed by atoms with van der Waals surface area (Å²) in [5.74, 6) is 0. The summed E-state index contributed by atoms with van der Waals surface area (Å²) >= 11 is 3.29. The van der Waals surface area contributed by atoms with E-state index < -0.39 is 0 Å². The molecule has 0 atom stereocenters. The summed E-state index contributed by atoms with van der Waals surface area (Å²) in [4.78, 5) is 14.3. The number of aliphatic hydroxyl groups is 1. The summed E-state index contributed by atoms with van der Waals surface area (Å²) in [6.45, 7) is 5.98. The molecule has 1 fully saturated rings. The van der Waals surface area contributed by atoms with Gasteiger partial charge in [0.15, 0.2) is 0 Å². The van der Waals surface area contributed by atoms with Gasteiger partial charge in [-0.25, -0.2) is 4.68 Å². The summed E-state index contributed by atoms with van der Waals surface area (Å²) in [7, 11) is 0. The van der Waals surface area contributed by atoms with E-state index in [1.165, 1.54) is 4.68 Å². The molecular formula is C12H20BrN5O2. The molecule has 1 aliphatic rings. The number of nitrogens with zero attached hydrogens (tertiary/aromatic N) is 3. The molecule has 0 unspecified atom stereocenters. The van der Waals surface area contributed by atoms with Gasteiger partial charge in [0.05, 0.1) is 25.0 Å². The van der Waals surface area contributed by atoms with Crippen molar-refractivity contribution in [3.8, 4) is 0 Å². The maximum atomic E-state index is 11.9. The van der Waals surface area contributed by atoms with Gasteiger partial charge in [-0.05, 0) is 15.9 Å². The molecule has 1 aliphatic heterocycles. The Morgan fingerprint density at radius 2 is 2.15 bits per heavy atom. The van der Waals surface area contributed by atoms with Crippen LogP contribution in [0.3, 0.4) is 0 Å². The first-order chi connectivity index (χ1) is 9.72. The first-order valence-electron chi connectivity index (χ1n) is 6.76. The lowest BCUT2D eigenvalue weighted by Gasteiger charge is -2.27. The highest BCUT2D eigenvalue weighted by Crippen LogP contribution is 2.15. The number of halogens is 1. The average Bonchev–Trinajstić information content (AvgIpc) is 2.48. The number of hydrogen-bond donors (Lipinski definition) is 3. The molecule has 0 saturated carbocycles. The molecule has 3 N–H and O–H groups in total. The summed E-state index contributed by atoms with van der Waals surface area (Å²) in [6.07, 6.45) is 1.61. The Morgan fingerprint density at radius 1 is 1.40 bits per heavy atom. The highest BCUT2D eigenvalue weighted by atomic mass is 79.9. The lowest BCUT2D eigenvalue weighted by molar-refractivity contribution is 0.249. The molecule has 1 saturated heterocycles. The lowest BCUT2D eigenvalue weighted by atomic mass is 10.3. The number of hydrogen-bond acceptors (Lipinski definition) is 6. The number of piperazine rings is 1. The molecule has 2 heterocycles. The van der Waals surface area contributed by atoms with Crippen molar-refractivity contribution in [2.45, 2.75) is 6.54 Å². The molecule has 0 radical (unpaired) electrons. The molecule has 112 valence electrons. The van der Waals surface area contributed by atoms with Crippen LogP contribution in [0.15, 0.2) is 15.5 Å². The Labute approximate surface area is 126 Å². The largest absolute Gasteiger partial charge is 0.394 e. The molecule has 0 bridgehead atoms. The van der Waals surface area contributed by atoms with Gasteiger partial charge >= 0.3 is 0 Å². The number of rotatable bonds is 6. The van der Waals surface area contributed by atoms with E-state index in [4.69, 9.17) is 5.11 Å². The van der Waals surface area contributed by atoms with Crippen molar-refractivity contribution in [1.29, 1.82) is 0 Å². The molecule has 0 amide bonds. The number of aromatic nitrogens is 2. The first-order valence-corrected chi connectivity index (χ1v) is 7.55. The van der Waals surface area contributed by atoms with E-state index in [1.807, 2.05) is 0 Å². The minimum Gasteiger partial charge on any atom is -0.394 e. The summed E-state index contributed by atoms with van der Waals surface area (Å²) in [5, 5.41) is 19.4. The van der Waals surface area contributed by atoms with Gasteiger partial charge < -0.3 is 15.7 Å². The van der Waals surface area contributed by atoms with Crippen molar-refractivity contribution >= 4 is 21.6 Å². The van der Waals surface area contributed by atoms with Crippen LogP contribution in [-0.2, 0) is 6.54 Å². The first kappa shape index (κ1) is 15.4. The molecule has 0 aliphatic carbocycles. The monoisotopic (exact) mass is 345 g/mol. The molecule has 1 aromatic heterocycles. The van der Waals surface area contributed by atoms with E-state index in [0.717, 1.165) is 39.3 Å². The van der Waals surface area contributed by atoms with E-state index >= 15 is 0 Å². The SMILES string of the molecule is O=c1c(Br)c(NCCN2CCNCC2)cnn1CCO. The van der Waals surface area contributed by atoms with Crippen molar-refractivity contribution in [1.82, 2.24) is 20.0 Å². The lowest BCUT2D eigenvalue weighted by Crippen LogP contribution is -2.45. The van der Waals surface area contributed by atoms with Gasteiger partial charge in [-0.3, -0.25) is 9.69 Å². The fourth-order valence-corrected chi connectivity index (χ4v) is 2.57. The highest BCUT2D eigenvalue weighted by Gasteiger charge is 2.11. The van der Waals surface area contributed by atoms with Gasteiger partial charge in [-0.1, -0.05) is 0 Å². The van der Waals surface area contributed by atoms with E-state index in [2.05, 4.69) is 36.6 Å². The van der Waals surface area contributed by atoms with Gasteiger partial charge in [0, 0.05) is 39.3 Å². The van der Waals surface area contributed by atoms with Crippen LogP contribution in [0.2, 0.25) is 0 Å². The van der Waals surface area contributed by atoms with Gasteiger partial charge in [0.25, 0.3) is 5.56 Å².